The van der Waals surface area contributed by atoms with Gasteiger partial charge in [0.2, 0.25) is 5.91 Å². The van der Waals surface area contributed by atoms with Crippen molar-refractivity contribution in [3.63, 3.8) is 0 Å². The molecule has 122 valence electrons. The molecule has 2 aromatic rings. The number of nitrogens with one attached hydrogen (secondary N) is 2. The van der Waals surface area contributed by atoms with Crippen molar-refractivity contribution in [3.8, 4) is 11.5 Å². The first-order chi connectivity index (χ1) is 11.0. The third-order valence-electron chi connectivity index (χ3n) is 2.72. The predicted molar refractivity (Wildman–Crippen MR) is 90.3 cm³/mol. The van der Waals surface area contributed by atoms with Gasteiger partial charge in [-0.3, -0.25) is 15.6 Å². The summed E-state index contributed by atoms with van der Waals surface area (Å²) in [7, 11) is 1.46. The lowest BCUT2D eigenvalue weighted by Gasteiger charge is -2.12. The Labute approximate surface area is 141 Å². The van der Waals surface area contributed by atoms with Crippen LogP contribution < -0.4 is 15.6 Å². The minimum Gasteiger partial charge on any atom is -0.504 e. The van der Waals surface area contributed by atoms with Crippen molar-refractivity contribution in [3.05, 3.63) is 35.3 Å². The van der Waals surface area contributed by atoms with Crippen LogP contribution in [0, 0.1) is 6.92 Å². The zero-order valence-electron chi connectivity index (χ0n) is 12.6. The molecule has 0 radical (unpaired) electrons. The first-order valence-electron chi connectivity index (χ1n) is 6.53. The first-order valence-corrected chi connectivity index (χ1v) is 8.34. The smallest absolute Gasteiger partial charge is 0.248 e. The lowest BCUT2D eigenvalue weighted by Crippen LogP contribution is -2.37. The molecule has 0 unspecified atom stereocenters. The summed E-state index contributed by atoms with van der Waals surface area (Å²) < 4.78 is 5.78. The highest BCUT2D eigenvalue weighted by molar-refractivity contribution is 8.01. The van der Waals surface area contributed by atoms with Gasteiger partial charge in [-0.15, -0.1) is 10.2 Å². The Kier molecular flexibility index (Phi) is 5.83. The second-order valence-electron chi connectivity index (χ2n) is 4.41. The third-order valence-corrected chi connectivity index (χ3v) is 4.69. The monoisotopic (exact) mass is 352 g/mol. The number of methoxy groups -OCH3 is 1. The molecule has 1 amide bonds. The molecule has 0 bridgehead atoms. The molecule has 0 spiro atoms. The number of hydrazine groups is 1. The van der Waals surface area contributed by atoms with E-state index in [9.17, 15) is 9.90 Å². The summed E-state index contributed by atoms with van der Waals surface area (Å²) >= 11 is 2.76. The highest BCUT2D eigenvalue weighted by Crippen LogP contribution is 2.28. The normalized spacial score (nSPS) is 10.2. The first kappa shape index (κ1) is 17.1. The lowest BCUT2D eigenvalue weighted by molar-refractivity contribution is -0.119. The van der Waals surface area contributed by atoms with E-state index in [-0.39, 0.29) is 17.4 Å². The molecule has 23 heavy (non-hydrogen) atoms. The van der Waals surface area contributed by atoms with E-state index in [1.807, 2.05) is 6.92 Å². The minimum absolute atomic E-state index is 0.0387. The van der Waals surface area contributed by atoms with Gasteiger partial charge in [0, 0.05) is 5.56 Å². The van der Waals surface area contributed by atoms with Gasteiger partial charge >= 0.3 is 0 Å². The molecule has 1 aromatic carbocycles. The zero-order valence-corrected chi connectivity index (χ0v) is 14.3. The van der Waals surface area contributed by atoms with E-state index in [4.69, 9.17) is 4.74 Å². The van der Waals surface area contributed by atoms with Crippen molar-refractivity contribution in [2.75, 3.05) is 12.9 Å². The van der Waals surface area contributed by atoms with Gasteiger partial charge in [0.05, 0.1) is 18.6 Å². The summed E-state index contributed by atoms with van der Waals surface area (Å²) in [6, 6.07) is 4.78. The van der Waals surface area contributed by atoms with Crippen molar-refractivity contribution in [2.45, 2.75) is 11.3 Å². The zero-order chi connectivity index (χ0) is 16.8. The Morgan fingerprint density at radius 2 is 2.22 bits per heavy atom. The van der Waals surface area contributed by atoms with Crippen LogP contribution in [0.4, 0.5) is 0 Å². The van der Waals surface area contributed by atoms with Crippen molar-refractivity contribution in [1.29, 1.82) is 0 Å². The number of phenolic OH excluding ortho intramolecular Hbond substituents is 1. The summed E-state index contributed by atoms with van der Waals surface area (Å²) in [6.45, 7) is 5.69. The van der Waals surface area contributed by atoms with Crippen LogP contribution in [0.2, 0.25) is 0 Å². The van der Waals surface area contributed by atoms with Crippen LogP contribution in [0.1, 0.15) is 10.6 Å². The molecule has 0 aliphatic carbocycles. The predicted octanol–water partition coefficient (Wildman–Crippen LogP) is 1.94. The summed E-state index contributed by atoms with van der Waals surface area (Å²) in [5.74, 6) is 0.374. The molecule has 0 atom stereocenters. The molecule has 1 aromatic heterocycles. The maximum absolute atomic E-state index is 11.8. The van der Waals surface area contributed by atoms with Crippen LogP contribution in [0.5, 0.6) is 11.5 Å². The highest BCUT2D eigenvalue weighted by atomic mass is 32.2. The number of hydrogen-bond donors (Lipinski definition) is 3. The van der Waals surface area contributed by atoms with Gasteiger partial charge in [0.25, 0.3) is 0 Å². The Morgan fingerprint density at radius 3 is 2.87 bits per heavy atom. The number of rotatable bonds is 7. The van der Waals surface area contributed by atoms with E-state index in [0.29, 0.717) is 17.0 Å². The number of nitrogens with zero attached hydrogens (tertiary/aromatic N) is 2. The fraction of sp³-hybridized carbons (Fsp3) is 0.214. The average Bonchev–Trinajstić information content (AvgIpc) is 2.96. The van der Waals surface area contributed by atoms with Crippen molar-refractivity contribution < 1.29 is 14.6 Å². The molecule has 0 fully saturated rings. The summed E-state index contributed by atoms with van der Waals surface area (Å²) in [6.07, 6.45) is 0. The topological polar surface area (TPSA) is 96.4 Å². The van der Waals surface area contributed by atoms with Gasteiger partial charge in [-0.25, -0.2) is 0 Å². The van der Waals surface area contributed by atoms with Crippen LogP contribution in [0.15, 0.2) is 29.1 Å². The molecule has 9 heteroatoms. The molecule has 0 saturated carbocycles. The van der Waals surface area contributed by atoms with E-state index in [2.05, 4.69) is 27.6 Å². The number of aromatic nitrogens is 2. The largest absolute Gasteiger partial charge is 0.504 e. The quantitative estimate of drug-likeness (QED) is 0.518. The number of benzene rings is 1. The summed E-state index contributed by atoms with van der Waals surface area (Å²) in [5, 5.41) is 18.2. The van der Waals surface area contributed by atoms with E-state index < -0.39 is 0 Å². The number of thioether (sulfide) groups is 1. The Morgan fingerprint density at radius 1 is 1.43 bits per heavy atom. The van der Waals surface area contributed by atoms with Crippen LogP contribution in [-0.4, -0.2) is 34.1 Å². The standard InChI is InChI=1S/C14H16N4O3S2/c1-8(10-4-5-11(19)12(6-10)21-3)15-17-13(20)7-22-14-18-16-9(2)23-14/h4-6,15,19H,1,7H2,2-3H3,(H,17,20). The third kappa shape index (κ3) is 4.86. The Balaban J connectivity index is 1.82. The number of aryl methyl sites for hydroxylation is 1. The molecule has 0 aliphatic rings. The van der Waals surface area contributed by atoms with E-state index in [1.165, 1.54) is 36.3 Å². The molecule has 2 rings (SSSR count). The van der Waals surface area contributed by atoms with Gasteiger partial charge in [0.15, 0.2) is 15.8 Å². The van der Waals surface area contributed by atoms with E-state index in [0.717, 1.165) is 9.35 Å². The van der Waals surface area contributed by atoms with Gasteiger partial charge in [-0.05, 0) is 25.1 Å². The Hall–Kier alpha value is -2.26. The molecular weight excluding hydrogens is 336 g/mol. The Bertz CT molecular complexity index is 718. The second-order valence-corrected chi connectivity index (χ2v) is 6.82. The number of carbonyl (C=O) groups excluding carboxylic acids is 1. The van der Waals surface area contributed by atoms with Crippen LogP contribution >= 0.6 is 23.1 Å². The van der Waals surface area contributed by atoms with Crippen molar-refractivity contribution in [2.24, 2.45) is 0 Å². The van der Waals surface area contributed by atoms with Crippen LogP contribution in [-0.2, 0) is 4.79 Å². The number of amides is 1. The summed E-state index contributed by atoms with van der Waals surface area (Å²) in [5.41, 5.74) is 6.46. The SMILES string of the molecule is C=C(NNC(=O)CSc1nnc(C)s1)c1ccc(O)c(OC)c1. The molecule has 7 nitrogen and oxygen atoms in total. The number of ether oxygens (including phenoxy) is 1. The van der Waals surface area contributed by atoms with E-state index >= 15 is 0 Å². The van der Waals surface area contributed by atoms with Crippen LogP contribution in [0.25, 0.3) is 5.70 Å². The van der Waals surface area contributed by atoms with Gasteiger partial charge in [-0.2, -0.15) is 0 Å². The minimum atomic E-state index is -0.213. The lowest BCUT2D eigenvalue weighted by atomic mass is 10.1. The maximum Gasteiger partial charge on any atom is 0.248 e. The molecule has 1 heterocycles. The molecular formula is C14H16N4O3S2. The molecule has 0 aliphatic heterocycles. The fourth-order valence-electron chi connectivity index (χ4n) is 1.58. The van der Waals surface area contributed by atoms with Crippen LogP contribution in [0.3, 0.4) is 0 Å². The molecule has 3 N–H and O–H groups in total. The fourth-order valence-corrected chi connectivity index (χ4v) is 3.20. The number of aromatic hydroxyl groups is 1. The van der Waals surface area contributed by atoms with Crippen molar-refractivity contribution in [1.82, 2.24) is 21.0 Å². The maximum atomic E-state index is 11.8. The van der Waals surface area contributed by atoms with Crippen molar-refractivity contribution >= 4 is 34.7 Å². The van der Waals surface area contributed by atoms with Gasteiger partial charge in [0.1, 0.15) is 5.01 Å². The van der Waals surface area contributed by atoms with Gasteiger partial charge in [-0.1, -0.05) is 29.7 Å². The van der Waals surface area contributed by atoms with E-state index in [1.54, 1.807) is 12.1 Å². The second kappa shape index (κ2) is 7.84. The number of hydrogen-bond acceptors (Lipinski definition) is 8. The average molecular weight is 352 g/mol. The summed E-state index contributed by atoms with van der Waals surface area (Å²) in [4.78, 5) is 11.8. The number of carbonyl (C=O) groups is 1. The van der Waals surface area contributed by atoms with Gasteiger partial charge < -0.3 is 9.84 Å². The molecule has 0 saturated heterocycles. The number of phenols is 1. The highest BCUT2D eigenvalue weighted by Gasteiger charge is 2.08.